The SMILES string of the molecule is Cc1noc(C)c1CCCNC(=O)c1cccc([N+](=O)[O-])c1O. The summed E-state index contributed by atoms with van der Waals surface area (Å²) in [6, 6.07) is 3.84. The first-order chi connectivity index (χ1) is 10.9. The molecule has 0 bridgehead atoms. The summed E-state index contributed by atoms with van der Waals surface area (Å²) in [5.74, 6) is -0.421. The lowest BCUT2D eigenvalue weighted by molar-refractivity contribution is -0.385. The summed E-state index contributed by atoms with van der Waals surface area (Å²) in [5.41, 5.74) is 1.23. The Morgan fingerprint density at radius 3 is 2.78 bits per heavy atom. The lowest BCUT2D eigenvalue weighted by Gasteiger charge is -2.07. The Morgan fingerprint density at radius 1 is 1.43 bits per heavy atom. The number of aromatic nitrogens is 1. The number of benzene rings is 1. The molecular formula is C15H17N3O5. The zero-order valence-electron chi connectivity index (χ0n) is 12.8. The van der Waals surface area contributed by atoms with Gasteiger partial charge in [-0.25, -0.2) is 0 Å². The van der Waals surface area contributed by atoms with Crippen molar-refractivity contribution < 1.29 is 19.3 Å². The van der Waals surface area contributed by atoms with Crippen molar-refractivity contribution in [2.24, 2.45) is 0 Å². The highest BCUT2D eigenvalue weighted by molar-refractivity contribution is 5.98. The van der Waals surface area contributed by atoms with Crippen LogP contribution in [0.2, 0.25) is 0 Å². The summed E-state index contributed by atoms with van der Waals surface area (Å²) in [6.07, 6.45) is 1.35. The minimum absolute atomic E-state index is 0.114. The number of carbonyl (C=O) groups excluding carboxylic acids is 1. The van der Waals surface area contributed by atoms with Gasteiger partial charge in [-0.3, -0.25) is 14.9 Å². The number of carbonyl (C=O) groups is 1. The molecule has 1 aromatic carbocycles. The molecule has 0 fully saturated rings. The van der Waals surface area contributed by atoms with Crippen LogP contribution in [0.5, 0.6) is 5.75 Å². The predicted octanol–water partition coefficient (Wildman–Crippen LogP) is 2.27. The van der Waals surface area contributed by atoms with Crippen LogP contribution in [0, 0.1) is 24.0 Å². The average Bonchev–Trinajstić information content (AvgIpc) is 2.82. The van der Waals surface area contributed by atoms with Crippen molar-refractivity contribution in [3.8, 4) is 5.75 Å². The van der Waals surface area contributed by atoms with E-state index in [9.17, 15) is 20.0 Å². The molecule has 0 saturated heterocycles. The minimum atomic E-state index is -0.733. The fourth-order valence-electron chi connectivity index (χ4n) is 2.28. The summed E-state index contributed by atoms with van der Waals surface area (Å²) in [6.45, 7) is 4.05. The zero-order valence-corrected chi connectivity index (χ0v) is 12.8. The second-order valence-electron chi connectivity index (χ2n) is 5.09. The highest BCUT2D eigenvalue weighted by Crippen LogP contribution is 2.29. The fourth-order valence-corrected chi connectivity index (χ4v) is 2.28. The van der Waals surface area contributed by atoms with Gasteiger partial charge in [0.25, 0.3) is 5.91 Å². The van der Waals surface area contributed by atoms with Gasteiger partial charge in [-0.15, -0.1) is 0 Å². The molecule has 0 spiro atoms. The van der Waals surface area contributed by atoms with Crippen molar-refractivity contribution in [2.45, 2.75) is 26.7 Å². The molecule has 2 rings (SSSR count). The maximum atomic E-state index is 12.0. The number of phenols is 1. The molecule has 0 aliphatic carbocycles. The van der Waals surface area contributed by atoms with Gasteiger partial charge in [0.1, 0.15) is 5.76 Å². The molecule has 1 amide bonds. The van der Waals surface area contributed by atoms with E-state index in [2.05, 4.69) is 10.5 Å². The molecule has 0 unspecified atom stereocenters. The quantitative estimate of drug-likeness (QED) is 0.479. The maximum Gasteiger partial charge on any atom is 0.311 e. The number of aromatic hydroxyl groups is 1. The number of aryl methyl sites for hydroxylation is 2. The third-order valence-electron chi connectivity index (χ3n) is 3.53. The topological polar surface area (TPSA) is 119 Å². The third-order valence-corrected chi connectivity index (χ3v) is 3.53. The van der Waals surface area contributed by atoms with Crippen LogP contribution in [0.25, 0.3) is 0 Å². The second kappa shape index (κ2) is 6.91. The van der Waals surface area contributed by atoms with E-state index in [0.29, 0.717) is 19.4 Å². The molecule has 0 aliphatic rings. The van der Waals surface area contributed by atoms with Crippen molar-refractivity contribution in [1.82, 2.24) is 10.5 Å². The molecule has 0 aliphatic heterocycles. The van der Waals surface area contributed by atoms with E-state index in [1.807, 2.05) is 13.8 Å². The first-order valence-corrected chi connectivity index (χ1v) is 7.08. The minimum Gasteiger partial charge on any atom is -0.502 e. The number of phenolic OH excluding ortho intramolecular Hbond substituents is 1. The van der Waals surface area contributed by atoms with Crippen LogP contribution in [0.3, 0.4) is 0 Å². The zero-order chi connectivity index (χ0) is 17.0. The summed E-state index contributed by atoms with van der Waals surface area (Å²) in [4.78, 5) is 22.0. The van der Waals surface area contributed by atoms with Gasteiger partial charge < -0.3 is 14.9 Å². The van der Waals surface area contributed by atoms with Crippen LogP contribution in [0.15, 0.2) is 22.7 Å². The number of nitrogens with zero attached hydrogens (tertiary/aromatic N) is 2. The number of amides is 1. The van der Waals surface area contributed by atoms with Gasteiger partial charge in [0.2, 0.25) is 5.75 Å². The summed E-state index contributed by atoms with van der Waals surface area (Å²) >= 11 is 0. The Morgan fingerprint density at radius 2 is 2.17 bits per heavy atom. The Bertz CT molecular complexity index is 719. The molecule has 0 radical (unpaired) electrons. The lowest BCUT2D eigenvalue weighted by Crippen LogP contribution is -2.25. The van der Waals surface area contributed by atoms with Gasteiger partial charge in [0, 0.05) is 18.2 Å². The van der Waals surface area contributed by atoms with Crippen LogP contribution in [-0.2, 0) is 6.42 Å². The van der Waals surface area contributed by atoms with Crippen LogP contribution >= 0.6 is 0 Å². The molecule has 2 N–H and O–H groups in total. The monoisotopic (exact) mass is 319 g/mol. The molecule has 122 valence electrons. The highest BCUT2D eigenvalue weighted by Gasteiger charge is 2.20. The molecular weight excluding hydrogens is 302 g/mol. The second-order valence-corrected chi connectivity index (χ2v) is 5.09. The van der Waals surface area contributed by atoms with Gasteiger partial charge in [-0.1, -0.05) is 11.2 Å². The van der Waals surface area contributed by atoms with Gasteiger partial charge in [-0.2, -0.15) is 0 Å². The molecule has 23 heavy (non-hydrogen) atoms. The van der Waals surface area contributed by atoms with E-state index in [-0.39, 0.29) is 5.56 Å². The molecule has 2 aromatic rings. The van der Waals surface area contributed by atoms with Gasteiger partial charge in [0.05, 0.1) is 16.2 Å². The van der Waals surface area contributed by atoms with E-state index >= 15 is 0 Å². The van der Waals surface area contributed by atoms with Gasteiger partial charge in [-0.05, 0) is 32.8 Å². The Kier molecular flexibility index (Phi) is 4.95. The first-order valence-electron chi connectivity index (χ1n) is 7.08. The van der Waals surface area contributed by atoms with E-state index in [0.717, 1.165) is 23.1 Å². The lowest BCUT2D eigenvalue weighted by atomic mass is 10.1. The fraction of sp³-hybridized carbons (Fsp3) is 0.333. The van der Waals surface area contributed by atoms with Crippen molar-refractivity contribution >= 4 is 11.6 Å². The highest BCUT2D eigenvalue weighted by atomic mass is 16.6. The number of hydrogen-bond donors (Lipinski definition) is 2. The van der Waals surface area contributed by atoms with Crippen LogP contribution in [0.1, 0.15) is 33.8 Å². The first kappa shape index (κ1) is 16.5. The Hall–Kier alpha value is -2.90. The molecule has 0 saturated carbocycles. The molecule has 8 nitrogen and oxygen atoms in total. The van der Waals surface area contributed by atoms with Gasteiger partial charge in [0.15, 0.2) is 0 Å². The van der Waals surface area contributed by atoms with Crippen molar-refractivity contribution in [3.63, 3.8) is 0 Å². The van der Waals surface area contributed by atoms with E-state index in [1.54, 1.807) is 0 Å². The maximum absolute atomic E-state index is 12.0. The Labute approximate surface area is 132 Å². The number of rotatable bonds is 6. The van der Waals surface area contributed by atoms with Crippen molar-refractivity contribution in [1.29, 1.82) is 0 Å². The third kappa shape index (κ3) is 3.65. The van der Waals surface area contributed by atoms with Crippen molar-refractivity contribution in [2.75, 3.05) is 6.54 Å². The molecule has 8 heteroatoms. The summed E-state index contributed by atoms with van der Waals surface area (Å²) in [5, 5.41) is 27.0. The molecule has 1 heterocycles. The standard InChI is InChI=1S/C15H17N3O5/c1-9-11(10(2)23-17-9)6-4-8-16-15(20)12-5-3-7-13(14(12)19)18(21)22/h3,5,7,19H,4,6,8H2,1-2H3,(H,16,20). The van der Waals surface area contributed by atoms with E-state index in [1.165, 1.54) is 12.1 Å². The summed E-state index contributed by atoms with van der Waals surface area (Å²) < 4.78 is 5.06. The van der Waals surface area contributed by atoms with Crippen LogP contribution in [0.4, 0.5) is 5.69 Å². The normalized spacial score (nSPS) is 10.5. The van der Waals surface area contributed by atoms with Crippen LogP contribution in [-0.4, -0.2) is 27.6 Å². The van der Waals surface area contributed by atoms with Gasteiger partial charge >= 0.3 is 5.69 Å². The van der Waals surface area contributed by atoms with Crippen LogP contribution < -0.4 is 5.32 Å². The van der Waals surface area contributed by atoms with Crippen molar-refractivity contribution in [3.05, 3.63) is 50.9 Å². The number of nitro groups is 1. The number of hydrogen-bond acceptors (Lipinski definition) is 6. The largest absolute Gasteiger partial charge is 0.502 e. The smallest absolute Gasteiger partial charge is 0.311 e. The molecule has 1 aromatic heterocycles. The van der Waals surface area contributed by atoms with E-state index in [4.69, 9.17) is 4.52 Å². The predicted molar refractivity (Wildman–Crippen MR) is 81.4 cm³/mol. The molecule has 0 atom stereocenters. The summed E-state index contributed by atoms with van der Waals surface area (Å²) in [7, 11) is 0. The number of nitro benzene ring substituents is 1. The number of para-hydroxylation sites is 1. The number of nitrogens with one attached hydrogen (secondary N) is 1. The Balaban J connectivity index is 1.93. The average molecular weight is 319 g/mol. The van der Waals surface area contributed by atoms with E-state index < -0.39 is 22.3 Å².